The van der Waals surface area contributed by atoms with Gasteiger partial charge >= 0.3 is 5.97 Å². The van der Waals surface area contributed by atoms with Crippen LogP contribution < -0.4 is 0 Å². The Labute approximate surface area is 103 Å². The van der Waals surface area contributed by atoms with Crippen LogP contribution in [0.25, 0.3) is 11.4 Å². The highest BCUT2D eigenvalue weighted by molar-refractivity contribution is 5.70. The number of aliphatic carboxylic acids is 1. The van der Waals surface area contributed by atoms with E-state index in [1.165, 1.54) is 4.68 Å². The zero-order chi connectivity index (χ0) is 13.1. The summed E-state index contributed by atoms with van der Waals surface area (Å²) in [6.07, 6.45) is 3.29. The van der Waals surface area contributed by atoms with Gasteiger partial charge in [0.1, 0.15) is 0 Å². The molecule has 7 heteroatoms. The number of carboxylic acids is 1. The van der Waals surface area contributed by atoms with Crippen molar-refractivity contribution in [2.24, 2.45) is 5.92 Å². The SMILES string of the molecule is CC(C(=O)O)C(C)n1nnnc1-c1cccnc1. The van der Waals surface area contributed by atoms with Crippen molar-refractivity contribution in [2.45, 2.75) is 19.9 Å². The maximum Gasteiger partial charge on any atom is 0.308 e. The number of carbonyl (C=O) groups is 1. The van der Waals surface area contributed by atoms with Gasteiger partial charge in [-0.15, -0.1) is 5.10 Å². The monoisotopic (exact) mass is 247 g/mol. The average Bonchev–Trinajstić information content (AvgIpc) is 2.87. The van der Waals surface area contributed by atoms with Crippen molar-refractivity contribution in [3.8, 4) is 11.4 Å². The van der Waals surface area contributed by atoms with Gasteiger partial charge in [-0.3, -0.25) is 9.78 Å². The molecule has 0 amide bonds. The first kappa shape index (κ1) is 12.2. The molecular formula is C11H13N5O2. The molecule has 2 aromatic rings. The quantitative estimate of drug-likeness (QED) is 0.866. The summed E-state index contributed by atoms with van der Waals surface area (Å²) >= 11 is 0. The van der Waals surface area contributed by atoms with Crippen LogP contribution in [0.2, 0.25) is 0 Å². The lowest BCUT2D eigenvalue weighted by Crippen LogP contribution is -2.23. The number of aromatic nitrogens is 5. The molecule has 2 heterocycles. The fourth-order valence-corrected chi connectivity index (χ4v) is 1.57. The summed E-state index contributed by atoms with van der Waals surface area (Å²) in [4.78, 5) is 15.0. The van der Waals surface area contributed by atoms with Crippen LogP contribution in [0.5, 0.6) is 0 Å². The molecule has 0 spiro atoms. The van der Waals surface area contributed by atoms with Crippen LogP contribution in [0, 0.1) is 5.92 Å². The second-order valence-electron chi connectivity index (χ2n) is 4.06. The molecule has 0 bridgehead atoms. The smallest absolute Gasteiger partial charge is 0.308 e. The van der Waals surface area contributed by atoms with E-state index in [0.717, 1.165) is 5.56 Å². The Balaban J connectivity index is 2.37. The molecule has 0 aromatic carbocycles. The van der Waals surface area contributed by atoms with Crippen LogP contribution in [0.1, 0.15) is 19.9 Å². The molecular weight excluding hydrogens is 234 g/mol. The molecule has 0 radical (unpaired) electrons. The summed E-state index contributed by atoms with van der Waals surface area (Å²) in [5.74, 6) is -0.942. The lowest BCUT2D eigenvalue weighted by molar-refractivity contribution is -0.142. The Hall–Kier alpha value is -2.31. The van der Waals surface area contributed by atoms with E-state index in [0.29, 0.717) is 5.82 Å². The van der Waals surface area contributed by atoms with Crippen molar-refractivity contribution in [3.63, 3.8) is 0 Å². The molecule has 2 unspecified atom stereocenters. The lowest BCUT2D eigenvalue weighted by atomic mass is 10.0. The summed E-state index contributed by atoms with van der Waals surface area (Å²) < 4.78 is 1.51. The van der Waals surface area contributed by atoms with Crippen LogP contribution >= 0.6 is 0 Å². The molecule has 2 rings (SSSR count). The van der Waals surface area contributed by atoms with Gasteiger partial charge in [0.25, 0.3) is 0 Å². The first-order chi connectivity index (χ1) is 8.61. The third-order valence-electron chi connectivity index (χ3n) is 2.91. The summed E-state index contributed by atoms with van der Waals surface area (Å²) in [6, 6.07) is 3.26. The molecule has 1 N–H and O–H groups in total. The highest BCUT2D eigenvalue weighted by Gasteiger charge is 2.24. The second-order valence-corrected chi connectivity index (χ2v) is 4.06. The first-order valence-corrected chi connectivity index (χ1v) is 5.52. The minimum absolute atomic E-state index is 0.340. The molecule has 0 aliphatic carbocycles. The van der Waals surface area contributed by atoms with Gasteiger partial charge < -0.3 is 5.11 Å². The van der Waals surface area contributed by atoms with E-state index in [2.05, 4.69) is 20.5 Å². The fraction of sp³-hybridized carbons (Fsp3) is 0.364. The van der Waals surface area contributed by atoms with Gasteiger partial charge in [-0.2, -0.15) is 0 Å². The Morgan fingerprint density at radius 1 is 1.44 bits per heavy atom. The number of nitrogens with zero attached hydrogens (tertiary/aromatic N) is 5. The van der Waals surface area contributed by atoms with Gasteiger partial charge in [-0.25, -0.2) is 4.68 Å². The van der Waals surface area contributed by atoms with E-state index in [4.69, 9.17) is 5.11 Å². The summed E-state index contributed by atoms with van der Waals surface area (Å²) in [7, 11) is 0. The number of carboxylic acid groups (broad SMARTS) is 1. The standard InChI is InChI=1S/C11H13N5O2/c1-7(11(17)18)8(2)16-10(13-14-15-16)9-4-3-5-12-6-9/h3-8H,1-2H3,(H,17,18). The van der Waals surface area contributed by atoms with Gasteiger partial charge in [-0.1, -0.05) is 0 Å². The van der Waals surface area contributed by atoms with E-state index in [1.807, 2.05) is 6.07 Å². The van der Waals surface area contributed by atoms with Gasteiger partial charge in [0.2, 0.25) is 0 Å². The first-order valence-electron chi connectivity index (χ1n) is 5.52. The predicted molar refractivity (Wildman–Crippen MR) is 62.6 cm³/mol. The molecule has 0 fully saturated rings. The van der Waals surface area contributed by atoms with Gasteiger partial charge in [0.05, 0.1) is 12.0 Å². The van der Waals surface area contributed by atoms with Crippen molar-refractivity contribution in [2.75, 3.05) is 0 Å². The molecule has 7 nitrogen and oxygen atoms in total. The van der Waals surface area contributed by atoms with Crippen LogP contribution in [0.3, 0.4) is 0 Å². The number of hydrogen-bond acceptors (Lipinski definition) is 5. The van der Waals surface area contributed by atoms with Crippen molar-refractivity contribution in [3.05, 3.63) is 24.5 Å². The molecule has 0 aliphatic heterocycles. The zero-order valence-corrected chi connectivity index (χ0v) is 10.1. The molecule has 0 aliphatic rings. The molecule has 2 atom stereocenters. The van der Waals surface area contributed by atoms with E-state index >= 15 is 0 Å². The third kappa shape index (κ3) is 2.20. The van der Waals surface area contributed by atoms with E-state index < -0.39 is 11.9 Å². The summed E-state index contributed by atoms with van der Waals surface area (Å²) in [5, 5.41) is 20.4. The predicted octanol–water partition coefficient (Wildman–Crippen LogP) is 1.02. The highest BCUT2D eigenvalue weighted by Crippen LogP contribution is 2.22. The van der Waals surface area contributed by atoms with Crippen molar-refractivity contribution in [1.29, 1.82) is 0 Å². The van der Waals surface area contributed by atoms with E-state index in [-0.39, 0.29) is 6.04 Å². The number of hydrogen-bond donors (Lipinski definition) is 1. The van der Waals surface area contributed by atoms with E-state index in [9.17, 15) is 4.79 Å². The normalized spacial score (nSPS) is 14.1. The number of tetrazole rings is 1. The van der Waals surface area contributed by atoms with Gasteiger partial charge in [0, 0.05) is 18.0 Å². The molecule has 0 saturated heterocycles. The second kappa shape index (κ2) is 4.91. The van der Waals surface area contributed by atoms with Crippen LogP contribution in [0.4, 0.5) is 0 Å². The number of rotatable bonds is 4. The van der Waals surface area contributed by atoms with Gasteiger partial charge in [0.15, 0.2) is 5.82 Å². The maximum absolute atomic E-state index is 11.0. The molecule has 0 saturated carbocycles. The molecule has 94 valence electrons. The minimum atomic E-state index is -0.880. The maximum atomic E-state index is 11.0. The van der Waals surface area contributed by atoms with Crippen LogP contribution in [0.15, 0.2) is 24.5 Å². The highest BCUT2D eigenvalue weighted by atomic mass is 16.4. The van der Waals surface area contributed by atoms with Crippen molar-refractivity contribution < 1.29 is 9.90 Å². The summed E-state index contributed by atoms with van der Waals surface area (Å²) in [6.45, 7) is 3.40. The molecule has 18 heavy (non-hydrogen) atoms. The third-order valence-corrected chi connectivity index (χ3v) is 2.91. The Morgan fingerprint density at radius 3 is 2.83 bits per heavy atom. The Morgan fingerprint density at radius 2 is 2.22 bits per heavy atom. The van der Waals surface area contributed by atoms with Crippen molar-refractivity contribution in [1.82, 2.24) is 25.2 Å². The summed E-state index contributed by atoms with van der Waals surface area (Å²) in [5.41, 5.74) is 0.756. The topological polar surface area (TPSA) is 93.8 Å². The molecule has 2 aromatic heterocycles. The van der Waals surface area contributed by atoms with Crippen molar-refractivity contribution >= 4 is 5.97 Å². The van der Waals surface area contributed by atoms with E-state index in [1.54, 1.807) is 32.3 Å². The minimum Gasteiger partial charge on any atom is -0.481 e. The van der Waals surface area contributed by atoms with Crippen LogP contribution in [-0.4, -0.2) is 36.3 Å². The average molecular weight is 247 g/mol. The largest absolute Gasteiger partial charge is 0.481 e. The Kier molecular flexibility index (Phi) is 3.31. The lowest BCUT2D eigenvalue weighted by Gasteiger charge is -2.17. The fourth-order valence-electron chi connectivity index (χ4n) is 1.57. The Bertz CT molecular complexity index is 539. The zero-order valence-electron chi connectivity index (χ0n) is 10.1. The van der Waals surface area contributed by atoms with Gasteiger partial charge in [-0.05, 0) is 36.4 Å². The van der Waals surface area contributed by atoms with Crippen LogP contribution in [-0.2, 0) is 4.79 Å². The number of pyridine rings is 1.